The van der Waals surface area contributed by atoms with Crippen LogP contribution in [0.25, 0.3) is 10.2 Å². The Morgan fingerprint density at radius 2 is 2.00 bits per heavy atom. The highest BCUT2D eigenvalue weighted by Gasteiger charge is 2.18. The Hall–Kier alpha value is -2.11. The molecule has 0 saturated carbocycles. The smallest absolute Gasteiger partial charge is 0.124 e. The average Bonchev–Trinajstić information content (AvgIpc) is 3.04. The molecule has 3 aromatic rings. The van der Waals surface area contributed by atoms with Crippen LogP contribution in [-0.4, -0.2) is 23.2 Å². The number of hydrogen-bond donors (Lipinski definition) is 2. The second kappa shape index (κ2) is 7.20. The molecule has 2 atom stereocenters. The van der Waals surface area contributed by atoms with Crippen LogP contribution in [0.3, 0.4) is 0 Å². The zero-order valence-electron chi connectivity index (χ0n) is 14.1. The molecule has 5 heteroatoms. The van der Waals surface area contributed by atoms with E-state index in [1.54, 1.807) is 18.4 Å². The summed E-state index contributed by atoms with van der Waals surface area (Å²) in [6.07, 6.45) is 0. The zero-order chi connectivity index (χ0) is 17.1. The van der Waals surface area contributed by atoms with Gasteiger partial charge in [0, 0.05) is 23.2 Å². The van der Waals surface area contributed by atoms with Gasteiger partial charge in [0.2, 0.25) is 0 Å². The Labute approximate surface area is 146 Å². The van der Waals surface area contributed by atoms with Gasteiger partial charge in [0.1, 0.15) is 5.75 Å². The third kappa shape index (κ3) is 3.37. The summed E-state index contributed by atoms with van der Waals surface area (Å²) in [5, 5.41) is 14.1. The third-order valence-corrected chi connectivity index (χ3v) is 5.53. The first-order valence-electron chi connectivity index (χ1n) is 8.02. The Morgan fingerprint density at radius 1 is 1.21 bits per heavy atom. The van der Waals surface area contributed by atoms with Crippen LogP contribution in [0.4, 0.5) is 5.69 Å². The molecule has 0 aliphatic heterocycles. The number of anilines is 1. The number of aromatic nitrogens is 1. The quantitative estimate of drug-likeness (QED) is 0.697. The van der Waals surface area contributed by atoms with Crippen molar-refractivity contribution in [3.05, 3.63) is 53.0 Å². The number of thiazole rings is 1. The average molecular weight is 342 g/mol. The summed E-state index contributed by atoms with van der Waals surface area (Å²) in [6.45, 7) is 4.30. The minimum absolute atomic E-state index is 0.0412. The minimum Gasteiger partial charge on any atom is -0.496 e. The number of methoxy groups -OCH3 is 1. The number of ether oxygens (including phenoxy) is 1. The van der Waals surface area contributed by atoms with Crippen molar-refractivity contribution in [1.29, 1.82) is 0 Å². The largest absolute Gasteiger partial charge is 0.496 e. The van der Waals surface area contributed by atoms with Crippen molar-refractivity contribution in [3.63, 3.8) is 0 Å². The van der Waals surface area contributed by atoms with E-state index in [0.29, 0.717) is 5.75 Å². The summed E-state index contributed by atoms with van der Waals surface area (Å²) in [5.41, 5.74) is 2.81. The van der Waals surface area contributed by atoms with Crippen LogP contribution in [0.15, 0.2) is 42.5 Å². The van der Waals surface area contributed by atoms with Gasteiger partial charge in [-0.25, -0.2) is 4.98 Å². The topological polar surface area (TPSA) is 54.4 Å². The molecular formula is C19H22N2O2S. The molecule has 24 heavy (non-hydrogen) atoms. The molecule has 2 N–H and O–H groups in total. The fourth-order valence-corrected chi connectivity index (χ4v) is 3.80. The van der Waals surface area contributed by atoms with E-state index in [1.165, 1.54) is 4.70 Å². The highest BCUT2D eigenvalue weighted by atomic mass is 32.1. The van der Waals surface area contributed by atoms with Gasteiger partial charge in [0.05, 0.1) is 28.9 Å². The van der Waals surface area contributed by atoms with E-state index in [-0.39, 0.29) is 18.6 Å². The number of nitrogens with one attached hydrogen (secondary N) is 1. The summed E-state index contributed by atoms with van der Waals surface area (Å²) in [6, 6.07) is 14.2. The molecule has 0 radical (unpaired) electrons. The molecule has 1 heterocycles. The molecule has 0 aliphatic carbocycles. The third-order valence-electron chi connectivity index (χ3n) is 4.30. The van der Waals surface area contributed by atoms with E-state index in [2.05, 4.69) is 31.3 Å². The first kappa shape index (κ1) is 16.7. The van der Waals surface area contributed by atoms with E-state index in [0.717, 1.165) is 21.8 Å². The maximum atomic E-state index is 9.46. The molecule has 0 saturated heterocycles. The fourth-order valence-electron chi connectivity index (χ4n) is 2.68. The molecule has 0 fully saturated rings. The van der Waals surface area contributed by atoms with E-state index in [4.69, 9.17) is 9.72 Å². The van der Waals surface area contributed by atoms with Crippen molar-refractivity contribution in [1.82, 2.24) is 4.98 Å². The van der Waals surface area contributed by atoms with Gasteiger partial charge in [-0.15, -0.1) is 11.3 Å². The molecule has 0 aliphatic rings. The first-order valence-corrected chi connectivity index (χ1v) is 8.83. The second-order valence-corrected chi connectivity index (χ2v) is 6.99. The van der Waals surface area contributed by atoms with Gasteiger partial charge in [0.15, 0.2) is 0 Å². The van der Waals surface area contributed by atoms with Crippen molar-refractivity contribution in [2.45, 2.75) is 32.4 Å². The summed E-state index contributed by atoms with van der Waals surface area (Å²) in [7, 11) is 1.61. The molecule has 4 nitrogen and oxygen atoms in total. The molecular weight excluding hydrogens is 320 g/mol. The second-order valence-electron chi connectivity index (χ2n) is 5.93. The molecule has 1 aromatic heterocycles. The summed E-state index contributed by atoms with van der Waals surface area (Å²) in [4.78, 5) is 4.75. The minimum atomic E-state index is -0.0412. The summed E-state index contributed by atoms with van der Waals surface area (Å²) in [5.74, 6) is 0.983. The van der Waals surface area contributed by atoms with Gasteiger partial charge in [-0.2, -0.15) is 0 Å². The number of aliphatic hydroxyl groups excluding tert-OH is 1. The van der Waals surface area contributed by atoms with Crippen molar-refractivity contribution < 1.29 is 9.84 Å². The molecule has 0 amide bonds. The Kier molecular flexibility index (Phi) is 5.02. The van der Waals surface area contributed by atoms with Crippen LogP contribution in [0.2, 0.25) is 0 Å². The Bertz CT molecular complexity index is 798. The van der Waals surface area contributed by atoms with Crippen LogP contribution in [0, 0.1) is 0 Å². The Morgan fingerprint density at radius 3 is 2.71 bits per heavy atom. The van der Waals surface area contributed by atoms with Crippen LogP contribution in [0.1, 0.15) is 30.3 Å². The van der Waals surface area contributed by atoms with Gasteiger partial charge >= 0.3 is 0 Å². The lowest BCUT2D eigenvalue weighted by Gasteiger charge is -2.21. The van der Waals surface area contributed by atoms with Crippen molar-refractivity contribution in [3.8, 4) is 5.75 Å². The van der Waals surface area contributed by atoms with Gasteiger partial charge in [0.25, 0.3) is 0 Å². The molecule has 3 rings (SSSR count). The fraction of sp³-hybridized carbons (Fsp3) is 0.316. The maximum absolute atomic E-state index is 9.46. The molecule has 2 unspecified atom stereocenters. The van der Waals surface area contributed by atoms with Crippen LogP contribution in [0.5, 0.6) is 5.75 Å². The number of rotatable bonds is 6. The standard InChI is InChI=1S/C19H22N2O2S/c1-12(19-21-16-6-4-5-7-18(16)24-19)13(2)20-15-8-9-17(23-3)14(10-15)11-22/h4-10,12-13,20,22H,11H2,1-3H3. The predicted molar refractivity (Wildman–Crippen MR) is 100 cm³/mol. The maximum Gasteiger partial charge on any atom is 0.124 e. The lowest BCUT2D eigenvalue weighted by molar-refractivity contribution is 0.274. The lowest BCUT2D eigenvalue weighted by Crippen LogP contribution is -2.22. The molecule has 2 aromatic carbocycles. The highest BCUT2D eigenvalue weighted by Crippen LogP contribution is 2.31. The SMILES string of the molecule is COc1ccc(NC(C)C(C)c2nc3ccccc3s2)cc1CO. The number of benzene rings is 2. The first-order chi connectivity index (χ1) is 11.6. The van der Waals surface area contributed by atoms with E-state index in [1.807, 2.05) is 30.3 Å². The summed E-state index contributed by atoms with van der Waals surface area (Å²) < 4.78 is 6.47. The molecule has 0 spiro atoms. The van der Waals surface area contributed by atoms with Gasteiger partial charge in [-0.1, -0.05) is 19.1 Å². The number of aliphatic hydroxyl groups is 1. The predicted octanol–water partition coefficient (Wildman–Crippen LogP) is 4.40. The van der Waals surface area contributed by atoms with Gasteiger partial charge < -0.3 is 15.2 Å². The van der Waals surface area contributed by atoms with E-state index < -0.39 is 0 Å². The van der Waals surface area contributed by atoms with Crippen molar-refractivity contribution in [2.24, 2.45) is 0 Å². The van der Waals surface area contributed by atoms with Crippen molar-refractivity contribution in [2.75, 3.05) is 12.4 Å². The number of fused-ring (bicyclic) bond motifs is 1. The highest BCUT2D eigenvalue weighted by molar-refractivity contribution is 7.18. The monoisotopic (exact) mass is 342 g/mol. The van der Waals surface area contributed by atoms with Crippen LogP contribution >= 0.6 is 11.3 Å². The number of para-hydroxylation sites is 1. The molecule has 126 valence electrons. The lowest BCUT2D eigenvalue weighted by atomic mass is 10.0. The van der Waals surface area contributed by atoms with E-state index in [9.17, 15) is 5.11 Å². The number of hydrogen-bond acceptors (Lipinski definition) is 5. The summed E-state index contributed by atoms with van der Waals surface area (Å²) >= 11 is 1.75. The van der Waals surface area contributed by atoms with E-state index >= 15 is 0 Å². The molecule has 0 bridgehead atoms. The van der Waals surface area contributed by atoms with Crippen LogP contribution in [-0.2, 0) is 6.61 Å². The van der Waals surface area contributed by atoms with Crippen molar-refractivity contribution >= 4 is 27.2 Å². The normalized spacial score (nSPS) is 13.7. The van der Waals surface area contributed by atoms with Crippen LogP contribution < -0.4 is 10.1 Å². The number of nitrogens with zero attached hydrogens (tertiary/aromatic N) is 1. The van der Waals surface area contributed by atoms with Gasteiger partial charge in [-0.3, -0.25) is 0 Å². The zero-order valence-corrected chi connectivity index (χ0v) is 14.9. The van der Waals surface area contributed by atoms with Gasteiger partial charge in [-0.05, 0) is 37.3 Å². The Balaban J connectivity index is 1.77.